The van der Waals surface area contributed by atoms with Gasteiger partial charge in [-0.1, -0.05) is 18.2 Å². The first-order chi connectivity index (χ1) is 10.1. The maximum atomic E-state index is 6.11. The Morgan fingerprint density at radius 1 is 1.00 bits per heavy atom. The molecule has 0 radical (unpaired) electrons. The van der Waals surface area contributed by atoms with Crippen LogP contribution >= 0.6 is 0 Å². The summed E-state index contributed by atoms with van der Waals surface area (Å²) >= 11 is 0. The lowest BCUT2D eigenvalue weighted by atomic mass is 10.0. The molecule has 4 nitrogen and oxygen atoms in total. The zero-order valence-corrected chi connectivity index (χ0v) is 12.3. The summed E-state index contributed by atoms with van der Waals surface area (Å²) in [5, 5.41) is 0.810. The first-order valence-electron chi connectivity index (χ1n) is 6.78. The zero-order valence-electron chi connectivity index (χ0n) is 12.3. The Balaban J connectivity index is 2.26. The molecule has 0 spiro atoms. The van der Waals surface area contributed by atoms with E-state index in [-0.39, 0.29) is 0 Å². The molecule has 3 rings (SSSR count). The molecule has 0 amide bonds. The monoisotopic (exact) mass is 279 g/mol. The van der Waals surface area contributed by atoms with Gasteiger partial charge in [-0.3, -0.25) is 0 Å². The second kappa shape index (κ2) is 5.05. The quantitative estimate of drug-likeness (QED) is 0.780. The Hall–Kier alpha value is -2.62. The Morgan fingerprint density at radius 3 is 2.38 bits per heavy atom. The third-order valence-electron chi connectivity index (χ3n) is 3.64. The SMILES string of the molecule is COc1ccc2nc(-c3c(C)cccc3C)nc(N)c2c1. The fourth-order valence-electron chi connectivity index (χ4n) is 2.54. The summed E-state index contributed by atoms with van der Waals surface area (Å²) in [6.45, 7) is 4.11. The van der Waals surface area contributed by atoms with Crippen molar-refractivity contribution in [3.8, 4) is 17.1 Å². The highest BCUT2D eigenvalue weighted by atomic mass is 16.5. The van der Waals surface area contributed by atoms with Crippen molar-refractivity contribution in [1.29, 1.82) is 0 Å². The summed E-state index contributed by atoms with van der Waals surface area (Å²) in [5.74, 6) is 1.88. The molecule has 21 heavy (non-hydrogen) atoms. The summed E-state index contributed by atoms with van der Waals surface area (Å²) in [5.41, 5.74) is 10.3. The Kier molecular flexibility index (Phi) is 3.22. The number of hydrogen-bond acceptors (Lipinski definition) is 4. The minimum absolute atomic E-state index is 0.469. The number of ether oxygens (including phenoxy) is 1. The van der Waals surface area contributed by atoms with Crippen LogP contribution in [0.25, 0.3) is 22.3 Å². The summed E-state index contributed by atoms with van der Waals surface area (Å²) in [6.07, 6.45) is 0. The molecule has 106 valence electrons. The fourth-order valence-corrected chi connectivity index (χ4v) is 2.54. The van der Waals surface area contributed by atoms with Gasteiger partial charge in [0.2, 0.25) is 0 Å². The van der Waals surface area contributed by atoms with Crippen molar-refractivity contribution in [2.24, 2.45) is 0 Å². The van der Waals surface area contributed by atoms with E-state index in [0.29, 0.717) is 11.6 Å². The molecule has 0 bridgehead atoms. The van der Waals surface area contributed by atoms with Crippen LogP contribution in [0.2, 0.25) is 0 Å². The molecule has 0 fully saturated rings. The fraction of sp³-hybridized carbons (Fsp3) is 0.176. The molecule has 0 aliphatic heterocycles. The lowest BCUT2D eigenvalue weighted by Gasteiger charge is -2.11. The molecule has 0 unspecified atom stereocenters. The van der Waals surface area contributed by atoms with Crippen molar-refractivity contribution in [2.75, 3.05) is 12.8 Å². The lowest BCUT2D eigenvalue weighted by Crippen LogP contribution is -2.00. The summed E-state index contributed by atoms with van der Waals surface area (Å²) < 4.78 is 5.22. The number of nitrogen functional groups attached to an aromatic ring is 1. The number of nitrogens with zero attached hydrogens (tertiary/aromatic N) is 2. The van der Waals surface area contributed by atoms with E-state index in [2.05, 4.69) is 35.9 Å². The second-order valence-electron chi connectivity index (χ2n) is 5.08. The number of aryl methyl sites for hydroxylation is 2. The number of anilines is 1. The van der Waals surface area contributed by atoms with Gasteiger partial charge in [-0.15, -0.1) is 0 Å². The Labute approximate surface area is 123 Å². The van der Waals surface area contributed by atoms with E-state index in [1.165, 1.54) is 0 Å². The number of aromatic nitrogens is 2. The number of fused-ring (bicyclic) bond motifs is 1. The maximum Gasteiger partial charge on any atom is 0.162 e. The van der Waals surface area contributed by atoms with Crippen LogP contribution in [0.3, 0.4) is 0 Å². The second-order valence-corrected chi connectivity index (χ2v) is 5.08. The predicted octanol–water partition coefficient (Wildman–Crippen LogP) is 3.50. The van der Waals surface area contributed by atoms with Crippen molar-refractivity contribution in [2.45, 2.75) is 13.8 Å². The molecular weight excluding hydrogens is 262 g/mol. The van der Waals surface area contributed by atoms with Crippen LogP contribution in [0.5, 0.6) is 5.75 Å². The molecule has 0 saturated carbocycles. The standard InChI is InChI=1S/C17H17N3O/c1-10-5-4-6-11(2)15(10)17-19-14-8-7-12(21-3)9-13(14)16(18)20-17/h4-9H,1-3H3,(H2,18,19,20). The van der Waals surface area contributed by atoms with E-state index in [1.54, 1.807) is 7.11 Å². The molecule has 3 aromatic rings. The molecule has 1 aromatic heterocycles. The summed E-state index contributed by atoms with van der Waals surface area (Å²) in [6, 6.07) is 11.8. The number of methoxy groups -OCH3 is 1. The number of rotatable bonds is 2. The molecule has 4 heteroatoms. The van der Waals surface area contributed by atoms with Crippen LogP contribution in [0.15, 0.2) is 36.4 Å². The van der Waals surface area contributed by atoms with Gasteiger partial charge in [0.1, 0.15) is 11.6 Å². The van der Waals surface area contributed by atoms with Gasteiger partial charge in [0, 0.05) is 10.9 Å². The van der Waals surface area contributed by atoms with Crippen LogP contribution < -0.4 is 10.5 Å². The minimum atomic E-state index is 0.469. The Morgan fingerprint density at radius 2 is 1.71 bits per heavy atom. The van der Waals surface area contributed by atoms with Crippen molar-refractivity contribution < 1.29 is 4.74 Å². The third-order valence-corrected chi connectivity index (χ3v) is 3.64. The lowest BCUT2D eigenvalue weighted by molar-refractivity contribution is 0.415. The first kappa shape index (κ1) is 13.4. The van der Waals surface area contributed by atoms with E-state index in [1.807, 2.05) is 24.3 Å². The van der Waals surface area contributed by atoms with Crippen molar-refractivity contribution in [3.63, 3.8) is 0 Å². The van der Waals surface area contributed by atoms with Crippen LogP contribution in [0.1, 0.15) is 11.1 Å². The molecule has 2 N–H and O–H groups in total. The van der Waals surface area contributed by atoms with E-state index >= 15 is 0 Å². The van der Waals surface area contributed by atoms with Crippen molar-refractivity contribution >= 4 is 16.7 Å². The van der Waals surface area contributed by atoms with E-state index in [4.69, 9.17) is 10.5 Å². The highest BCUT2D eigenvalue weighted by Crippen LogP contribution is 2.29. The number of nitrogens with two attached hydrogens (primary N) is 1. The van der Waals surface area contributed by atoms with Crippen molar-refractivity contribution in [1.82, 2.24) is 9.97 Å². The van der Waals surface area contributed by atoms with Crippen LogP contribution in [0.4, 0.5) is 5.82 Å². The van der Waals surface area contributed by atoms with E-state index in [0.717, 1.165) is 33.3 Å². The van der Waals surface area contributed by atoms with Gasteiger partial charge < -0.3 is 10.5 Å². The first-order valence-corrected chi connectivity index (χ1v) is 6.78. The van der Waals surface area contributed by atoms with Crippen LogP contribution in [-0.4, -0.2) is 17.1 Å². The number of hydrogen-bond donors (Lipinski definition) is 1. The summed E-state index contributed by atoms with van der Waals surface area (Å²) in [4.78, 5) is 9.14. The molecule has 0 atom stereocenters. The zero-order chi connectivity index (χ0) is 15.0. The smallest absolute Gasteiger partial charge is 0.162 e. The van der Waals surface area contributed by atoms with Gasteiger partial charge in [0.05, 0.1) is 12.6 Å². The molecular formula is C17H17N3O. The minimum Gasteiger partial charge on any atom is -0.497 e. The third kappa shape index (κ3) is 2.29. The predicted molar refractivity (Wildman–Crippen MR) is 85.4 cm³/mol. The highest BCUT2D eigenvalue weighted by molar-refractivity contribution is 5.91. The van der Waals surface area contributed by atoms with Crippen LogP contribution in [0, 0.1) is 13.8 Å². The van der Waals surface area contributed by atoms with Gasteiger partial charge in [-0.25, -0.2) is 9.97 Å². The van der Waals surface area contributed by atoms with Gasteiger partial charge in [-0.2, -0.15) is 0 Å². The molecule has 2 aromatic carbocycles. The maximum absolute atomic E-state index is 6.11. The van der Waals surface area contributed by atoms with Gasteiger partial charge in [0.25, 0.3) is 0 Å². The topological polar surface area (TPSA) is 61.0 Å². The van der Waals surface area contributed by atoms with Gasteiger partial charge in [-0.05, 0) is 43.2 Å². The Bertz CT molecular complexity index is 807. The molecule has 0 aliphatic carbocycles. The van der Waals surface area contributed by atoms with Gasteiger partial charge in [0.15, 0.2) is 5.82 Å². The average Bonchev–Trinajstić information content (AvgIpc) is 2.47. The largest absolute Gasteiger partial charge is 0.497 e. The normalized spacial score (nSPS) is 10.8. The van der Waals surface area contributed by atoms with Crippen molar-refractivity contribution in [3.05, 3.63) is 47.5 Å². The summed E-state index contributed by atoms with van der Waals surface area (Å²) in [7, 11) is 1.63. The molecule has 1 heterocycles. The number of benzene rings is 2. The van der Waals surface area contributed by atoms with E-state index in [9.17, 15) is 0 Å². The highest BCUT2D eigenvalue weighted by Gasteiger charge is 2.12. The molecule has 0 aliphatic rings. The average molecular weight is 279 g/mol. The van der Waals surface area contributed by atoms with Crippen LogP contribution in [-0.2, 0) is 0 Å². The van der Waals surface area contributed by atoms with E-state index < -0.39 is 0 Å². The molecule has 0 saturated heterocycles. The van der Waals surface area contributed by atoms with Gasteiger partial charge >= 0.3 is 0 Å².